The van der Waals surface area contributed by atoms with E-state index in [4.69, 9.17) is 4.74 Å². The molecule has 3 aromatic carbocycles. The van der Waals surface area contributed by atoms with Crippen molar-refractivity contribution in [3.63, 3.8) is 0 Å². The Morgan fingerprint density at radius 3 is 2.26 bits per heavy atom. The van der Waals surface area contributed by atoms with Crippen molar-refractivity contribution in [2.24, 2.45) is 0 Å². The number of nitrogens with zero attached hydrogens (tertiary/aromatic N) is 3. The number of carbonyl (C=O) groups is 3. The van der Waals surface area contributed by atoms with E-state index in [0.29, 0.717) is 50.4 Å². The van der Waals surface area contributed by atoms with E-state index >= 15 is 0 Å². The highest BCUT2D eigenvalue weighted by Crippen LogP contribution is 2.29. The molecule has 2 saturated heterocycles. The Balaban J connectivity index is 1.33. The Morgan fingerprint density at radius 2 is 1.52 bits per heavy atom. The highest BCUT2D eigenvalue weighted by atomic mass is 16.5. The van der Waals surface area contributed by atoms with Gasteiger partial charge < -0.3 is 30.1 Å². The zero-order valence-corrected chi connectivity index (χ0v) is 24.2. The van der Waals surface area contributed by atoms with Crippen LogP contribution < -0.4 is 20.3 Å². The van der Waals surface area contributed by atoms with Crippen LogP contribution in [0.1, 0.15) is 27.9 Å². The monoisotopic (exact) mass is 569 g/mol. The molecule has 0 atom stereocenters. The summed E-state index contributed by atoms with van der Waals surface area (Å²) in [5.74, 6) is 0.649. The fraction of sp³-hybridized carbons (Fsp3) is 0.364. The van der Waals surface area contributed by atoms with Gasteiger partial charge in [0.25, 0.3) is 5.91 Å². The molecule has 9 heteroatoms. The zero-order valence-electron chi connectivity index (χ0n) is 24.2. The van der Waals surface area contributed by atoms with E-state index in [2.05, 4.69) is 15.5 Å². The Labute approximate surface area is 247 Å². The smallest absolute Gasteiger partial charge is 0.254 e. The first kappa shape index (κ1) is 29.1. The van der Waals surface area contributed by atoms with Crippen LogP contribution in [0, 0.1) is 0 Å². The second kappa shape index (κ2) is 14.0. The van der Waals surface area contributed by atoms with Crippen LogP contribution in [0.4, 0.5) is 11.4 Å². The molecule has 9 nitrogen and oxygen atoms in total. The van der Waals surface area contributed by atoms with Crippen LogP contribution in [0.3, 0.4) is 0 Å². The second-order valence-corrected chi connectivity index (χ2v) is 10.7. The highest BCUT2D eigenvalue weighted by Gasteiger charge is 2.24. The molecule has 0 aliphatic carbocycles. The van der Waals surface area contributed by atoms with Crippen LogP contribution in [0.15, 0.2) is 72.8 Å². The van der Waals surface area contributed by atoms with Crippen molar-refractivity contribution in [2.45, 2.75) is 19.3 Å². The molecule has 0 saturated carbocycles. The molecule has 0 aromatic heterocycles. The van der Waals surface area contributed by atoms with Gasteiger partial charge in [-0.05, 0) is 47.9 Å². The van der Waals surface area contributed by atoms with E-state index in [1.54, 1.807) is 13.2 Å². The van der Waals surface area contributed by atoms with Gasteiger partial charge in [0.15, 0.2) is 0 Å². The lowest BCUT2D eigenvalue weighted by Gasteiger charge is -2.29. The molecule has 0 unspecified atom stereocenters. The van der Waals surface area contributed by atoms with Crippen molar-refractivity contribution in [3.05, 3.63) is 89.5 Å². The van der Waals surface area contributed by atoms with Gasteiger partial charge in [0, 0.05) is 57.9 Å². The minimum Gasteiger partial charge on any atom is -0.497 e. The molecule has 2 N–H and O–H groups in total. The SMILES string of the molecule is COc1ccc(CC(=O)Nc2cc(C(=O)N3CCNCC3)ccc2N2CCCN(C(=O)Cc3ccccc3)CC2)cc1. The fourth-order valence-electron chi connectivity index (χ4n) is 5.51. The third kappa shape index (κ3) is 7.47. The van der Waals surface area contributed by atoms with Crippen LogP contribution in [0.5, 0.6) is 5.75 Å². The number of piperazine rings is 1. The molecule has 42 heavy (non-hydrogen) atoms. The van der Waals surface area contributed by atoms with Crippen molar-refractivity contribution < 1.29 is 19.1 Å². The minimum atomic E-state index is -0.164. The standard InChI is InChI=1S/C33H39N5O4/c1-42-28-11-8-26(9-12-28)22-31(39)35-29-24-27(33(41)38-18-14-34-15-19-38)10-13-30(29)36-16-5-17-37(21-20-36)32(40)23-25-6-3-2-4-7-25/h2-4,6-13,24,34H,5,14-23H2,1H3,(H,35,39). The van der Waals surface area contributed by atoms with Crippen LogP contribution in [0.25, 0.3) is 0 Å². The number of hydrogen-bond donors (Lipinski definition) is 2. The summed E-state index contributed by atoms with van der Waals surface area (Å²) < 4.78 is 5.23. The first-order valence-electron chi connectivity index (χ1n) is 14.6. The van der Waals surface area contributed by atoms with Crippen molar-refractivity contribution in [1.29, 1.82) is 0 Å². The largest absolute Gasteiger partial charge is 0.497 e. The van der Waals surface area contributed by atoms with E-state index < -0.39 is 0 Å². The summed E-state index contributed by atoms with van der Waals surface area (Å²) in [7, 11) is 1.61. The molecule has 0 spiro atoms. The van der Waals surface area contributed by atoms with Gasteiger partial charge in [-0.1, -0.05) is 42.5 Å². The maximum atomic E-state index is 13.3. The van der Waals surface area contributed by atoms with Crippen LogP contribution in [-0.2, 0) is 22.4 Å². The molecular formula is C33H39N5O4. The Hall–Kier alpha value is -4.37. The van der Waals surface area contributed by atoms with E-state index in [9.17, 15) is 14.4 Å². The number of benzene rings is 3. The molecule has 0 bridgehead atoms. The molecule has 0 radical (unpaired) electrons. The van der Waals surface area contributed by atoms with E-state index in [0.717, 1.165) is 48.6 Å². The van der Waals surface area contributed by atoms with E-state index in [1.807, 2.05) is 76.5 Å². The molecule has 3 aromatic rings. The first-order chi connectivity index (χ1) is 20.5. The molecule has 2 aliphatic heterocycles. The summed E-state index contributed by atoms with van der Waals surface area (Å²) in [5.41, 5.74) is 3.89. The topological polar surface area (TPSA) is 94.2 Å². The average Bonchev–Trinajstić information content (AvgIpc) is 3.28. The lowest BCUT2D eigenvalue weighted by atomic mass is 10.1. The number of rotatable bonds is 8. The van der Waals surface area contributed by atoms with Gasteiger partial charge >= 0.3 is 0 Å². The van der Waals surface area contributed by atoms with E-state index in [-0.39, 0.29) is 24.1 Å². The van der Waals surface area contributed by atoms with Crippen molar-refractivity contribution in [2.75, 3.05) is 69.7 Å². The molecule has 220 valence electrons. The first-order valence-corrected chi connectivity index (χ1v) is 14.6. The molecular weight excluding hydrogens is 530 g/mol. The summed E-state index contributed by atoms with van der Waals surface area (Å²) in [6.45, 7) is 5.48. The predicted octanol–water partition coefficient (Wildman–Crippen LogP) is 3.20. The number of nitrogens with one attached hydrogen (secondary N) is 2. The predicted molar refractivity (Wildman–Crippen MR) is 164 cm³/mol. The summed E-state index contributed by atoms with van der Waals surface area (Å²) in [6, 6.07) is 22.8. The quantitative estimate of drug-likeness (QED) is 0.433. The number of anilines is 2. The van der Waals surface area contributed by atoms with Gasteiger partial charge in [0.05, 0.1) is 31.3 Å². The molecule has 5 rings (SSSR count). The van der Waals surface area contributed by atoms with Gasteiger partial charge in [-0.3, -0.25) is 14.4 Å². The Bertz CT molecular complexity index is 1370. The molecule has 2 fully saturated rings. The van der Waals surface area contributed by atoms with Crippen molar-refractivity contribution >= 4 is 29.1 Å². The van der Waals surface area contributed by atoms with Gasteiger partial charge in [0.2, 0.25) is 11.8 Å². The van der Waals surface area contributed by atoms with E-state index in [1.165, 1.54) is 0 Å². The fourth-order valence-corrected chi connectivity index (χ4v) is 5.51. The number of hydrogen-bond acceptors (Lipinski definition) is 6. The number of amides is 3. The summed E-state index contributed by atoms with van der Waals surface area (Å²) in [6.07, 6.45) is 1.39. The second-order valence-electron chi connectivity index (χ2n) is 10.7. The third-order valence-electron chi connectivity index (χ3n) is 7.83. The van der Waals surface area contributed by atoms with Crippen molar-refractivity contribution in [3.8, 4) is 5.75 Å². The normalized spacial score (nSPS) is 15.6. The van der Waals surface area contributed by atoms with Gasteiger partial charge in [-0.25, -0.2) is 0 Å². The maximum absolute atomic E-state index is 13.3. The lowest BCUT2D eigenvalue weighted by molar-refractivity contribution is -0.130. The van der Waals surface area contributed by atoms with Crippen molar-refractivity contribution in [1.82, 2.24) is 15.1 Å². The molecule has 3 amide bonds. The molecule has 2 aliphatic rings. The van der Waals surface area contributed by atoms with Gasteiger partial charge in [-0.15, -0.1) is 0 Å². The van der Waals surface area contributed by atoms with Gasteiger partial charge in [0.1, 0.15) is 5.75 Å². The number of carbonyl (C=O) groups excluding carboxylic acids is 3. The van der Waals surface area contributed by atoms with Crippen LogP contribution in [0.2, 0.25) is 0 Å². The Kier molecular flexibility index (Phi) is 9.71. The maximum Gasteiger partial charge on any atom is 0.254 e. The average molecular weight is 570 g/mol. The minimum absolute atomic E-state index is 0.0396. The summed E-state index contributed by atoms with van der Waals surface area (Å²) in [4.78, 5) is 45.6. The number of ether oxygens (including phenoxy) is 1. The lowest BCUT2D eigenvalue weighted by Crippen LogP contribution is -2.46. The van der Waals surface area contributed by atoms with Crippen LogP contribution in [-0.4, -0.2) is 87.0 Å². The molecule has 2 heterocycles. The summed E-state index contributed by atoms with van der Waals surface area (Å²) >= 11 is 0. The summed E-state index contributed by atoms with van der Waals surface area (Å²) in [5, 5.41) is 6.37. The highest BCUT2D eigenvalue weighted by molar-refractivity contribution is 6.00. The third-order valence-corrected chi connectivity index (χ3v) is 7.83. The van der Waals surface area contributed by atoms with Crippen LogP contribution >= 0.6 is 0 Å². The zero-order chi connectivity index (χ0) is 29.3. The Morgan fingerprint density at radius 1 is 0.786 bits per heavy atom. The van der Waals surface area contributed by atoms with Gasteiger partial charge in [-0.2, -0.15) is 0 Å². The number of methoxy groups -OCH3 is 1.